The first kappa shape index (κ1) is 28.0. The van der Waals surface area contributed by atoms with Crippen molar-refractivity contribution in [1.82, 2.24) is 0 Å². The molecule has 0 spiro atoms. The summed E-state index contributed by atoms with van der Waals surface area (Å²) in [5.41, 5.74) is 2.18. The SMILES string of the molecule is CC(C)C(C)(C)[Si](C)(C)O[C@@H]1OC(COCc2ccccc2)[C@H](O)[C@H](C)C1OCc1ccccc1. The van der Waals surface area contributed by atoms with E-state index in [1.165, 1.54) is 0 Å². The van der Waals surface area contributed by atoms with Gasteiger partial charge in [0.1, 0.15) is 12.2 Å². The van der Waals surface area contributed by atoms with Gasteiger partial charge in [-0.05, 0) is 35.2 Å². The maximum Gasteiger partial charge on any atom is 0.196 e. The molecule has 6 heteroatoms. The minimum Gasteiger partial charge on any atom is -0.390 e. The molecule has 0 amide bonds. The van der Waals surface area contributed by atoms with E-state index < -0.39 is 26.8 Å². The third kappa shape index (κ3) is 7.03. The van der Waals surface area contributed by atoms with E-state index in [9.17, 15) is 5.11 Å². The fourth-order valence-electron chi connectivity index (χ4n) is 4.35. The number of benzene rings is 2. The smallest absolute Gasteiger partial charge is 0.196 e. The summed E-state index contributed by atoms with van der Waals surface area (Å²) in [6, 6.07) is 20.1. The lowest BCUT2D eigenvalue weighted by Crippen LogP contribution is -2.60. The molecule has 2 aromatic rings. The second kappa shape index (κ2) is 12.1. The number of hydrogen-bond donors (Lipinski definition) is 1. The van der Waals surface area contributed by atoms with Gasteiger partial charge in [0, 0.05) is 5.92 Å². The number of aliphatic hydroxyl groups excluding tert-OH is 1. The number of aliphatic hydroxyl groups is 1. The molecule has 2 unspecified atom stereocenters. The molecular formula is C29H44O5Si. The lowest BCUT2D eigenvalue weighted by Gasteiger charge is -2.49. The first-order chi connectivity index (χ1) is 16.5. The molecule has 1 fully saturated rings. The molecule has 1 aliphatic rings. The molecular weight excluding hydrogens is 456 g/mol. The van der Waals surface area contributed by atoms with Crippen LogP contribution in [0.4, 0.5) is 0 Å². The van der Waals surface area contributed by atoms with Gasteiger partial charge in [0.15, 0.2) is 14.6 Å². The van der Waals surface area contributed by atoms with Crippen LogP contribution in [0.1, 0.15) is 45.7 Å². The molecule has 0 bridgehead atoms. The largest absolute Gasteiger partial charge is 0.390 e. The minimum atomic E-state index is -2.22. The Morgan fingerprint density at radius 1 is 0.943 bits per heavy atom. The van der Waals surface area contributed by atoms with E-state index in [-0.39, 0.29) is 17.1 Å². The Balaban J connectivity index is 1.75. The highest BCUT2D eigenvalue weighted by Gasteiger charge is 2.50. The lowest BCUT2D eigenvalue weighted by atomic mass is 9.90. The first-order valence-electron chi connectivity index (χ1n) is 12.8. The summed E-state index contributed by atoms with van der Waals surface area (Å²) >= 11 is 0. The Morgan fingerprint density at radius 3 is 2.03 bits per heavy atom. The van der Waals surface area contributed by atoms with E-state index in [4.69, 9.17) is 18.6 Å². The van der Waals surface area contributed by atoms with Crippen molar-refractivity contribution in [3.8, 4) is 0 Å². The average molecular weight is 501 g/mol. The monoisotopic (exact) mass is 500 g/mol. The number of ether oxygens (including phenoxy) is 3. The van der Waals surface area contributed by atoms with Crippen LogP contribution in [-0.4, -0.2) is 44.6 Å². The molecule has 3 rings (SSSR count). The van der Waals surface area contributed by atoms with Gasteiger partial charge in [-0.2, -0.15) is 0 Å². The predicted molar refractivity (Wildman–Crippen MR) is 142 cm³/mol. The third-order valence-electron chi connectivity index (χ3n) is 8.10. The molecule has 1 aliphatic heterocycles. The van der Waals surface area contributed by atoms with Gasteiger partial charge in [-0.15, -0.1) is 0 Å². The summed E-state index contributed by atoms with van der Waals surface area (Å²) in [5.74, 6) is 0.291. The van der Waals surface area contributed by atoms with Crippen LogP contribution >= 0.6 is 0 Å². The van der Waals surface area contributed by atoms with Crippen LogP contribution in [-0.2, 0) is 31.9 Å². The fourth-order valence-corrected chi connectivity index (χ4v) is 6.81. The van der Waals surface area contributed by atoms with Crippen molar-refractivity contribution < 1.29 is 23.7 Å². The molecule has 5 nitrogen and oxygen atoms in total. The van der Waals surface area contributed by atoms with Crippen molar-refractivity contribution in [3.63, 3.8) is 0 Å². The predicted octanol–water partition coefficient (Wildman–Crippen LogP) is 6.17. The Hall–Kier alpha value is -1.54. The van der Waals surface area contributed by atoms with Gasteiger partial charge in [-0.25, -0.2) is 0 Å². The standard InChI is InChI=1S/C29H44O5Si/c1-21(2)29(4,5)35(6,7)34-28-27(32-19-24-16-12-9-13-17-24)22(3)26(30)25(33-28)20-31-18-23-14-10-8-11-15-23/h8-17,21-22,25-28,30H,18-20H2,1-7H3/t22-,25?,26+,27?,28-/m0/s1. The molecule has 35 heavy (non-hydrogen) atoms. The van der Waals surface area contributed by atoms with Crippen molar-refractivity contribution in [2.24, 2.45) is 11.8 Å². The number of rotatable bonds is 11. The van der Waals surface area contributed by atoms with Crippen LogP contribution in [0, 0.1) is 11.8 Å². The van der Waals surface area contributed by atoms with Crippen LogP contribution in [0.25, 0.3) is 0 Å². The summed E-state index contributed by atoms with van der Waals surface area (Å²) in [4.78, 5) is 0. The average Bonchev–Trinajstić information content (AvgIpc) is 2.83. The highest BCUT2D eigenvalue weighted by atomic mass is 28.4. The minimum absolute atomic E-state index is 0.0267. The summed E-state index contributed by atoms with van der Waals surface area (Å²) in [6.45, 7) is 16.8. The van der Waals surface area contributed by atoms with Crippen molar-refractivity contribution in [1.29, 1.82) is 0 Å². The second-order valence-corrected chi connectivity index (χ2v) is 15.7. The molecule has 5 atom stereocenters. The van der Waals surface area contributed by atoms with Gasteiger partial charge < -0.3 is 23.7 Å². The number of hydrogen-bond acceptors (Lipinski definition) is 5. The summed E-state index contributed by atoms with van der Waals surface area (Å²) in [7, 11) is -2.22. The molecule has 0 aromatic heterocycles. The first-order valence-corrected chi connectivity index (χ1v) is 15.7. The van der Waals surface area contributed by atoms with E-state index in [2.05, 4.69) is 40.8 Å². The van der Waals surface area contributed by atoms with Crippen LogP contribution in [0.2, 0.25) is 18.1 Å². The van der Waals surface area contributed by atoms with E-state index in [0.717, 1.165) is 11.1 Å². The Kier molecular flexibility index (Phi) is 9.72. The molecule has 1 saturated heterocycles. The van der Waals surface area contributed by atoms with Gasteiger partial charge in [-0.3, -0.25) is 0 Å². The molecule has 1 heterocycles. The lowest BCUT2D eigenvalue weighted by molar-refractivity contribution is -0.280. The van der Waals surface area contributed by atoms with Crippen molar-refractivity contribution >= 4 is 8.32 Å². The Labute approximate surface area is 212 Å². The molecule has 1 N–H and O–H groups in total. The quantitative estimate of drug-likeness (QED) is 0.374. The van der Waals surface area contributed by atoms with Crippen LogP contribution in [0.3, 0.4) is 0 Å². The summed E-state index contributed by atoms with van der Waals surface area (Å²) < 4.78 is 25.6. The molecule has 0 radical (unpaired) electrons. The molecule has 0 saturated carbocycles. The molecule has 194 valence electrons. The van der Waals surface area contributed by atoms with E-state index in [0.29, 0.717) is 25.7 Å². The molecule has 2 aromatic carbocycles. The van der Waals surface area contributed by atoms with Crippen molar-refractivity contribution in [2.75, 3.05) is 6.61 Å². The van der Waals surface area contributed by atoms with Crippen LogP contribution in [0.5, 0.6) is 0 Å². The molecule has 0 aliphatic carbocycles. The Morgan fingerprint density at radius 2 is 1.49 bits per heavy atom. The third-order valence-corrected chi connectivity index (χ3v) is 12.6. The topological polar surface area (TPSA) is 57.2 Å². The Bertz CT molecular complexity index is 884. The van der Waals surface area contributed by atoms with Gasteiger partial charge in [0.25, 0.3) is 0 Å². The van der Waals surface area contributed by atoms with Crippen molar-refractivity contribution in [3.05, 3.63) is 71.8 Å². The zero-order chi connectivity index (χ0) is 25.6. The zero-order valence-corrected chi connectivity index (χ0v) is 23.4. The summed E-state index contributed by atoms with van der Waals surface area (Å²) in [6.07, 6.45) is -2.15. The normalized spacial score (nSPS) is 25.7. The van der Waals surface area contributed by atoms with Crippen LogP contribution < -0.4 is 0 Å². The van der Waals surface area contributed by atoms with Crippen molar-refractivity contribution in [2.45, 2.75) is 90.6 Å². The van der Waals surface area contributed by atoms with Crippen LogP contribution in [0.15, 0.2) is 60.7 Å². The van der Waals surface area contributed by atoms with E-state index in [1.54, 1.807) is 0 Å². The van der Waals surface area contributed by atoms with E-state index >= 15 is 0 Å². The van der Waals surface area contributed by atoms with Gasteiger partial charge >= 0.3 is 0 Å². The zero-order valence-electron chi connectivity index (χ0n) is 22.4. The van der Waals surface area contributed by atoms with Gasteiger partial charge in [-0.1, -0.05) is 95.3 Å². The van der Waals surface area contributed by atoms with Gasteiger partial charge in [0.2, 0.25) is 0 Å². The van der Waals surface area contributed by atoms with E-state index in [1.807, 2.05) is 67.6 Å². The highest BCUT2D eigenvalue weighted by Crippen LogP contribution is 2.46. The summed E-state index contributed by atoms with van der Waals surface area (Å²) in [5, 5.41) is 11.2. The second-order valence-electron chi connectivity index (χ2n) is 11.2. The maximum atomic E-state index is 11.1. The highest BCUT2D eigenvalue weighted by molar-refractivity contribution is 6.74. The van der Waals surface area contributed by atoms with Gasteiger partial charge in [0.05, 0.1) is 25.9 Å². The maximum absolute atomic E-state index is 11.1. The fraction of sp³-hybridized carbons (Fsp3) is 0.586.